The highest BCUT2D eigenvalue weighted by Crippen LogP contribution is 2.43. The number of halogens is 3. The van der Waals surface area contributed by atoms with E-state index >= 15 is 8.78 Å². The van der Waals surface area contributed by atoms with Crippen LogP contribution in [0.4, 0.5) is 13.2 Å². The first-order chi connectivity index (χ1) is 17.0. The van der Waals surface area contributed by atoms with Crippen molar-refractivity contribution in [3.63, 3.8) is 0 Å². The highest BCUT2D eigenvalue weighted by molar-refractivity contribution is 5.87. The van der Waals surface area contributed by atoms with Gasteiger partial charge in [-0.15, -0.1) is 0 Å². The molecule has 0 amide bonds. The van der Waals surface area contributed by atoms with Gasteiger partial charge in [-0.2, -0.15) is 0 Å². The Hall–Kier alpha value is -3.72. The Morgan fingerprint density at radius 3 is 2.42 bits per heavy atom. The molecule has 1 aliphatic heterocycles. The van der Waals surface area contributed by atoms with E-state index in [0.29, 0.717) is 12.1 Å². The quantitative estimate of drug-likeness (QED) is 0.373. The second kappa shape index (κ2) is 8.74. The minimum absolute atomic E-state index is 0.00518. The van der Waals surface area contributed by atoms with Crippen molar-refractivity contribution in [1.29, 1.82) is 0 Å². The first-order valence-corrected chi connectivity index (χ1v) is 11.6. The first-order valence-electron chi connectivity index (χ1n) is 11.6. The molecule has 0 spiro atoms. The Morgan fingerprint density at radius 1 is 1.17 bits per heavy atom. The summed E-state index contributed by atoms with van der Waals surface area (Å²) in [6.07, 6.45) is 2.77. The maximum absolute atomic E-state index is 15.7. The summed E-state index contributed by atoms with van der Waals surface area (Å²) >= 11 is 0. The molecule has 0 unspecified atom stereocenters. The van der Waals surface area contributed by atoms with Crippen LogP contribution < -0.4 is 0 Å². The maximum Gasteiger partial charge on any atom is 0.338 e. The van der Waals surface area contributed by atoms with Gasteiger partial charge in [-0.1, -0.05) is 18.2 Å². The number of benzene rings is 2. The number of carboxylic acids is 1. The van der Waals surface area contributed by atoms with E-state index in [1.807, 2.05) is 31.2 Å². The Balaban J connectivity index is 1.66. The van der Waals surface area contributed by atoms with Crippen molar-refractivity contribution < 1.29 is 23.1 Å². The molecule has 36 heavy (non-hydrogen) atoms. The number of aromatic amines is 1. The van der Waals surface area contributed by atoms with E-state index in [0.717, 1.165) is 41.0 Å². The van der Waals surface area contributed by atoms with Gasteiger partial charge in [-0.05, 0) is 51.0 Å². The van der Waals surface area contributed by atoms with Crippen LogP contribution in [-0.2, 0) is 6.42 Å². The smallest absolute Gasteiger partial charge is 0.338 e. The average Bonchev–Trinajstić information content (AvgIpc) is 3.17. The Labute approximate surface area is 205 Å². The summed E-state index contributed by atoms with van der Waals surface area (Å²) in [5, 5.41) is 10.0. The number of hydrogen-bond acceptors (Lipinski definition) is 4. The molecule has 2 N–H and O–H groups in total. The number of carboxylic acid groups (broad SMARTS) is 1. The van der Waals surface area contributed by atoms with Gasteiger partial charge in [0.15, 0.2) is 5.82 Å². The van der Waals surface area contributed by atoms with Gasteiger partial charge in [0.05, 0.1) is 11.6 Å². The zero-order valence-corrected chi connectivity index (χ0v) is 20.0. The topological polar surface area (TPSA) is 82.1 Å². The number of aromatic carboxylic acids is 1. The molecule has 0 saturated heterocycles. The number of para-hydroxylation sites is 1. The van der Waals surface area contributed by atoms with Gasteiger partial charge in [-0.3, -0.25) is 4.90 Å². The predicted molar refractivity (Wildman–Crippen MR) is 130 cm³/mol. The summed E-state index contributed by atoms with van der Waals surface area (Å²) in [4.78, 5) is 24.1. The van der Waals surface area contributed by atoms with Crippen molar-refractivity contribution in [3.8, 4) is 11.4 Å². The largest absolute Gasteiger partial charge is 0.478 e. The number of carbonyl (C=O) groups is 1. The summed E-state index contributed by atoms with van der Waals surface area (Å²) in [7, 11) is 0. The van der Waals surface area contributed by atoms with Crippen LogP contribution in [0.25, 0.3) is 22.3 Å². The molecule has 0 bridgehead atoms. The summed E-state index contributed by atoms with van der Waals surface area (Å²) in [5.74, 6) is -2.84. The maximum atomic E-state index is 15.7. The Kier molecular flexibility index (Phi) is 5.83. The van der Waals surface area contributed by atoms with Crippen LogP contribution in [0.2, 0.25) is 0 Å². The number of H-pyrrole nitrogens is 1. The molecular formula is C27H25F3N4O2. The van der Waals surface area contributed by atoms with E-state index in [2.05, 4.69) is 15.0 Å². The minimum Gasteiger partial charge on any atom is -0.478 e. The molecule has 0 radical (unpaired) electrons. The van der Waals surface area contributed by atoms with E-state index in [1.165, 1.54) is 13.8 Å². The van der Waals surface area contributed by atoms with Gasteiger partial charge >= 0.3 is 5.97 Å². The van der Waals surface area contributed by atoms with Crippen molar-refractivity contribution in [2.24, 2.45) is 0 Å². The lowest BCUT2D eigenvalue weighted by molar-refractivity contribution is 0.0643. The first kappa shape index (κ1) is 24.0. The second-order valence-electron chi connectivity index (χ2n) is 9.86. The third-order valence-electron chi connectivity index (χ3n) is 6.59. The van der Waals surface area contributed by atoms with Gasteiger partial charge < -0.3 is 10.1 Å². The van der Waals surface area contributed by atoms with Crippen LogP contribution in [0.1, 0.15) is 54.0 Å². The van der Waals surface area contributed by atoms with Crippen LogP contribution in [0.3, 0.4) is 0 Å². The zero-order valence-electron chi connectivity index (χ0n) is 20.0. The lowest BCUT2D eigenvalue weighted by atomic mass is 9.87. The van der Waals surface area contributed by atoms with E-state index in [-0.39, 0.29) is 35.1 Å². The molecule has 9 heteroatoms. The molecule has 2 aromatic heterocycles. The highest BCUT2D eigenvalue weighted by atomic mass is 19.1. The number of rotatable bonds is 5. The van der Waals surface area contributed by atoms with Crippen LogP contribution in [-0.4, -0.2) is 49.2 Å². The fraction of sp³-hybridized carbons (Fsp3) is 0.296. The lowest BCUT2D eigenvalue weighted by Crippen LogP contribution is -2.48. The third-order valence-corrected chi connectivity index (χ3v) is 6.59. The predicted octanol–water partition coefficient (Wildman–Crippen LogP) is 5.69. The molecule has 2 aromatic carbocycles. The lowest BCUT2D eigenvalue weighted by Gasteiger charge is -2.43. The van der Waals surface area contributed by atoms with E-state index < -0.39 is 29.3 Å². The molecular weight excluding hydrogens is 469 g/mol. The highest BCUT2D eigenvalue weighted by Gasteiger charge is 2.41. The van der Waals surface area contributed by atoms with E-state index in [9.17, 15) is 9.18 Å². The van der Waals surface area contributed by atoms with Crippen molar-refractivity contribution in [2.45, 2.75) is 44.9 Å². The van der Waals surface area contributed by atoms with Gasteiger partial charge in [0.1, 0.15) is 17.3 Å². The van der Waals surface area contributed by atoms with Crippen molar-refractivity contribution >= 4 is 16.9 Å². The fourth-order valence-electron chi connectivity index (χ4n) is 5.06. The monoisotopic (exact) mass is 494 g/mol. The number of nitrogens with zero attached hydrogens (tertiary/aromatic N) is 3. The summed E-state index contributed by atoms with van der Waals surface area (Å²) < 4.78 is 46.4. The van der Waals surface area contributed by atoms with E-state index in [1.54, 1.807) is 4.90 Å². The van der Waals surface area contributed by atoms with Crippen molar-refractivity contribution in [1.82, 2.24) is 19.9 Å². The molecule has 0 fully saturated rings. The molecule has 6 nitrogen and oxygen atoms in total. The van der Waals surface area contributed by atoms with Crippen molar-refractivity contribution in [3.05, 3.63) is 82.8 Å². The SMILES string of the molecule is C[C@@H]1Cc2c([nH]c3ccccc23)[C@@H](c2c(F)cc(-c3ncc(C(=O)O)cn3)cc2F)N1CC(C)(C)F. The standard InChI is InChI=1S/C27H25F3N4O2/c1-14-8-18-17-6-4-5-7-21(17)33-23(18)24(34(14)13-27(2,3)30)22-19(28)9-15(10-20(22)29)25-31-11-16(12-32-25)26(35)36/h4-7,9-12,14,24,33H,8,13H2,1-3H3,(H,35,36)/t14-,24-/m1/s1. The summed E-state index contributed by atoms with van der Waals surface area (Å²) in [5.41, 5.74) is 0.613. The van der Waals surface area contributed by atoms with Crippen LogP contribution in [0.15, 0.2) is 48.8 Å². The zero-order chi connectivity index (χ0) is 25.8. The van der Waals surface area contributed by atoms with Crippen LogP contribution >= 0.6 is 0 Å². The average molecular weight is 495 g/mol. The summed E-state index contributed by atoms with van der Waals surface area (Å²) in [6.45, 7) is 4.82. The molecule has 3 heterocycles. The second-order valence-corrected chi connectivity index (χ2v) is 9.86. The van der Waals surface area contributed by atoms with E-state index in [4.69, 9.17) is 5.11 Å². The fourth-order valence-corrected chi connectivity index (χ4v) is 5.06. The van der Waals surface area contributed by atoms with Gasteiger partial charge in [-0.25, -0.2) is 27.9 Å². The molecule has 2 atom stereocenters. The molecule has 4 aromatic rings. The normalized spacial score (nSPS) is 18.4. The molecule has 0 aliphatic carbocycles. The molecule has 1 aliphatic rings. The molecule has 5 rings (SSSR count). The number of hydrogen-bond donors (Lipinski definition) is 2. The van der Waals surface area contributed by atoms with Crippen LogP contribution in [0, 0.1) is 11.6 Å². The van der Waals surface area contributed by atoms with Crippen LogP contribution in [0.5, 0.6) is 0 Å². The van der Waals surface area contributed by atoms with Gasteiger partial charge in [0.25, 0.3) is 0 Å². The van der Waals surface area contributed by atoms with Gasteiger partial charge in [0.2, 0.25) is 0 Å². The number of aromatic nitrogens is 3. The Morgan fingerprint density at radius 2 is 1.81 bits per heavy atom. The summed E-state index contributed by atoms with van der Waals surface area (Å²) in [6, 6.07) is 8.89. The number of alkyl halides is 1. The van der Waals surface area contributed by atoms with Crippen molar-refractivity contribution in [2.75, 3.05) is 6.54 Å². The molecule has 186 valence electrons. The number of nitrogens with one attached hydrogen (secondary N) is 1. The third kappa shape index (κ3) is 4.24. The minimum atomic E-state index is -1.59. The molecule has 0 saturated carbocycles. The number of fused-ring (bicyclic) bond motifs is 3. The Bertz CT molecular complexity index is 1440. The van der Waals surface area contributed by atoms with Gasteiger partial charge in [0, 0.05) is 52.7 Å².